The van der Waals surface area contributed by atoms with Crippen LogP contribution in [0.15, 0.2) is 78.9 Å². The van der Waals surface area contributed by atoms with Gasteiger partial charge < -0.3 is 10.6 Å². The molecule has 0 unspecified atom stereocenters. The third kappa shape index (κ3) is 4.75. The summed E-state index contributed by atoms with van der Waals surface area (Å²) in [6.07, 6.45) is 0. The number of pyridine rings is 1. The zero-order chi connectivity index (χ0) is 24.1. The summed E-state index contributed by atoms with van der Waals surface area (Å²) in [5.74, 6) is -0.715. The van der Waals surface area contributed by atoms with Crippen LogP contribution in [0.4, 0.5) is 5.69 Å². The van der Waals surface area contributed by atoms with E-state index in [2.05, 4.69) is 15.6 Å². The van der Waals surface area contributed by atoms with E-state index in [9.17, 15) is 19.7 Å². The molecule has 1 heterocycles. The van der Waals surface area contributed by atoms with Crippen LogP contribution < -0.4 is 10.6 Å². The van der Waals surface area contributed by atoms with E-state index in [4.69, 9.17) is 0 Å². The van der Waals surface area contributed by atoms with Crippen molar-refractivity contribution in [3.63, 3.8) is 0 Å². The van der Waals surface area contributed by atoms with Gasteiger partial charge in [0.2, 0.25) is 0 Å². The van der Waals surface area contributed by atoms with E-state index >= 15 is 0 Å². The number of amides is 2. The van der Waals surface area contributed by atoms with Crippen molar-refractivity contribution in [3.05, 3.63) is 106 Å². The van der Waals surface area contributed by atoms with Crippen molar-refractivity contribution in [1.82, 2.24) is 15.6 Å². The summed E-state index contributed by atoms with van der Waals surface area (Å²) in [5.41, 5.74) is 3.22. The van der Waals surface area contributed by atoms with Gasteiger partial charge in [0.25, 0.3) is 17.5 Å². The summed E-state index contributed by atoms with van der Waals surface area (Å²) in [4.78, 5) is 40.7. The molecule has 0 atom stereocenters. The van der Waals surface area contributed by atoms with Crippen LogP contribution in [-0.2, 0) is 0 Å². The molecule has 3 aromatic carbocycles. The molecule has 170 valence electrons. The molecule has 8 heteroatoms. The van der Waals surface area contributed by atoms with Crippen molar-refractivity contribution in [2.45, 2.75) is 6.92 Å². The van der Waals surface area contributed by atoms with Crippen LogP contribution in [0.25, 0.3) is 22.2 Å². The standard InChI is InChI=1S/C26H22N4O4/c1-17-19(11-7-13-24(17)30(33)34)25(31)27-14-15-28-26(32)21-16-23(18-8-3-2-4-9-18)29-22-12-6-5-10-20(21)22/h2-13,16H,14-15H2,1H3,(H,27,31)(H,28,32). The van der Waals surface area contributed by atoms with Gasteiger partial charge in [-0.3, -0.25) is 19.7 Å². The van der Waals surface area contributed by atoms with Gasteiger partial charge in [0.15, 0.2) is 0 Å². The molecule has 0 aliphatic carbocycles. The first-order valence-corrected chi connectivity index (χ1v) is 10.7. The number of carbonyl (C=O) groups is 2. The molecule has 0 saturated carbocycles. The highest BCUT2D eigenvalue weighted by Crippen LogP contribution is 2.25. The quantitative estimate of drug-likeness (QED) is 0.246. The fraction of sp³-hybridized carbons (Fsp3) is 0.115. The van der Waals surface area contributed by atoms with Crippen molar-refractivity contribution in [2.24, 2.45) is 0 Å². The van der Waals surface area contributed by atoms with Gasteiger partial charge in [-0.1, -0.05) is 54.6 Å². The number of hydrogen-bond donors (Lipinski definition) is 2. The highest BCUT2D eigenvalue weighted by molar-refractivity contribution is 6.07. The minimum Gasteiger partial charge on any atom is -0.350 e. The fourth-order valence-corrected chi connectivity index (χ4v) is 3.73. The first kappa shape index (κ1) is 22.6. The number of carbonyl (C=O) groups excluding carboxylic acids is 2. The average molecular weight is 454 g/mol. The molecule has 0 aliphatic rings. The number of fused-ring (bicyclic) bond motifs is 1. The van der Waals surface area contributed by atoms with Crippen LogP contribution in [0.5, 0.6) is 0 Å². The summed E-state index contributed by atoms with van der Waals surface area (Å²) in [6.45, 7) is 1.89. The number of nitro groups is 1. The molecule has 4 aromatic rings. The lowest BCUT2D eigenvalue weighted by Gasteiger charge is -2.12. The normalized spacial score (nSPS) is 10.6. The Morgan fingerprint density at radius 2 is 1.50 bits per heavy atom. The Labute approximate surface area is 195 Å². The zero-order valence-electron chi connectivity index (χ0n) is 18.4. The first-order valence-electron chi connectivity index (χ1n) is 10.7. The van der Waals surface area contributed by atoms with Crippen LogP contribution in [-0.4, -0.2) is 34.8 Å². The van der Waals surface area contributed by atoms with Crippen LogP contribution in [0.1, 0.15) is 26.3 Å². The Balaban J connectivity index is 1.46. The Morgan fingerprint density at radius 1 is 0.853 bits per heavy atom. The number of hydrogen-bond acceptors (Lipinski definition) is 5. The van der Waals surface area contributed by atoms with Gasteiger partial charge >= 0.3 is 0 Å². The van der Waals surface area contributed by atoms with Crippen molar-refractivity contribution < 1.29 is 14.5 Å². The molecule has 0 bridgehead atoms. The summed E-state index contributed by atoms with van der Waals surface area (Å²) in [6, 6.07) is 23.2. The van der Waals surface area contributed by atoms with Gasteiger partial charge in [0.05, 0.1) is 21.7 Å². The predicted molar refractivity (Wildman–Crippen MR) is 130 cm³/mol. The van der Waals surface area contributed by atoms with Gasteiger partial charge in [-0.25, -0.2) is 4.98 Å². The topological polar surface area (TPSA) is 114 Å². The average Bonchev–Trinajstić information content (AvgIpc) is 2.86. The molecule has 0 radical (unpaired) electrons. The van der Waals surface area contributed by atoms with E-state index < -0.39 is 10.8 Å². The third-order valence-electron chi connectivity index (χ3n) is 5.47. The van der Waals surface area contributed by atoms with Crippen molar-refractivity contribution >= 4 is 28.4 Å². The van der Waals surface area contributed by atoms with E-state index in [1.54, 1.807) is 6.07 Å². The van der Waals surface area contributed by atoms with Crippen molar-refractivity contribution in [2.75, 3.05) is 13.1 Å². The summed E-state index contributed by atoms with van der Waals surface area (Å²) in [5, 5.41) is 17.4. The molecular weight excluding hydrogens is 432 g/mol. The van der Waals surface area contributed by atoms with Gasteiger partial charge in [-0.2, -0.15) is 0 Å². The maximum atomic E-state index is 13.0. The van der Waals surface area contributed by atoms with Crippen molar-refractivity contribution in [3.8, 4) is 11.3 Å². The van der Waals surface area contributed by atoms with Crippen LogP contribution >= 0.6 is 0 Å². The van der Waals surface area contributed by atoms with E-state index in [1.165, 1.54) is 25.1 Å². The molecule has 0 spiro atoms. The Bertz CT molecular complexity index is 1390. The van der Waals surface area contributed by atoms with Crippen LogP contribution in [0.3, 0.4) is 0 Å². The Morgan fingerprint density at radius 3 is 2.21 bits per heavy atom. The lowest BCUT2D eigenvalue weighted by molar-refractivity contribution is -0.385. The minimum absolute atomic E-state index is 0.111. The molecule has 34 heavy (non-hydrogen) atoms. The summed E-state index contributed by atoms with van der Waals surface area (Å²) < 4.78 is 0. The first-order chi connectivity index (χ1) is 16.5. The lowest BCUT2D eigenvalue weighted by Crippen LogP contribution is -2.35. The molecular formula is C26H22N4O4. The van der Waals surface area contributed by atoms with E-state index in [0.717, 1.165) is 10.9 Å². The summed E-state index contributed by atoms with van der Waals surface area (Å²) in [7, 11) is 0. The van der Waals surface area contributed by atoms with Crippen LogP contribution in [0.2, 0.25) is 0 Å². The summed E-state index contributed by atoms with van der Waals surface area (Å²) >= 11 is 0. The maximum absolute atomic E-state index is 13.0. The largest absolute Gasteiger partial charge is 0.350 e. The van der Waals surface area contributed by atoms with Gasteiger partial charge in [0, 0.05) is 41.2 Å². The second-order valence-electron chi connectivity index (χ2n) is 7.66. The maximum Gasteiger partial charge on any atom is 0.273 e. The molecule has 1 aromatic heterocycles. The molecule has 2 amide bonds. The molecule has 0 fully saturated rings. The number of nitrogens with zero attached hydrogens (tertiary/aromatic N) is 2. The lowest BCUT2D eigenvalue weighted by atomic mass is 10.0. The molecule has 4 rings (SSSR count). The predicted octanol–water partition coefficient (Wildman–Crippen LogP) is 4.28. The van der Waals surface area contributed by atoms with E-state index in [1.807, 2.05) is 54.6 Å². The highest BCUT2D eigenvalue weighted by Gasteiger charge is 2.18. The Kier molecular flexibility index (Phi) is 6.59. The second-order valence-corrected chi connectivity index (χ2v) is 7.66. The van der Waals surface area contributed by atoms with E-state index in [-0.39, 0.29) is 30.2 Å². The van der Waals surface area contributed by atoms with Gasteiger partial charge in [0.1, 0.15) is 0 Å². The number of para-hydroxylation sites is 1. The molecule has 8 nitrogen and oxygen atoms in total. The highest BCUT2D eigenvalue weighted by atomic mass is 16.6. The fourth-order valence-electron chi connectivity index (χ4n) is 3.73. The second kappa shape index (κ2) is 9.91. The number of rotatable bonds is 7. The molecule has 2 N–H and O–H groups in total. The monoisotopic (exact) mass is 454 g/mol. The molecule has 0 aliphatic heterocycles. The zero-order valence-corrected chi connectivity index (χ0v) is 18.4. The smallest absolute Gasteiger partial charge is 0.273 e. The van der Waals surface area contributed by atoms with Gasteiger partial charge in [-0.05, 0) is 25.1 Å². The third-order valence-corrected chi connectivity index (χ3v) is 5.47. The minimum atomic E-state index is -0.519. The number of nitro benzene ring substituents is 1. The van der Waals surface area contributed by atoms with Gasteiger partial charge in [-0.15, -0.1) is 0 Å². The van der Waals surface area contributed by atoms with E-state index in [0.29, 0.717) is 22.3 Å². The number of nitrogens with one attached hydrogen (secondary N) is 2. The SMILES string of the molecule is Cc1c(C(=O)NCCNC(=O)c2cc(-c3ccccc3)nc3ccccc23)cccc1[N+](=O)[O-]. The van der Waals surface area contributed by atoms with Crippen LogP contribution in [0, 0.1) is 17.0 Å². The van der Waals surface area contributed by atoms with Crippen molar-refractivity contribution in [1.29, 1.82) is 0 Å². The molecule has 0 saturated heterocycles. The number of benzene rings is 3. The Hall–Kier alpha value is -4.59. The number of aromatic nitrogens is 1.